The van der Waals surface area contributed by atoms with Gasteiger partial charge in [-0.1, -0.05) is 6.92 Å². The summed E-state index contributed by atoms with van der Waals surface area (Å²) < 4.78 is 10.9. The molecule has 8 nitrogen and oxygen atoms in total. The molecule has 1 fully saturated rings. The molecule has 8 heteroatoms. The molecule has 0 aromatic carbocycles. The van der Waals surface area contributed by atoms with Crippen molar-refractivity contribution in [2.45, 2.75) is 53.1 Å². The van der Waals surface area contributed by atoms with E-state index in [2.05, 4.69) is 17.6 Å². The van der Waals surface area contributed by atoms with E-state index < -0.39 is 5.60 Å². The Labute approximate surface area is 170 Å². The normalized spacial score (nSPS) is 21.3. The molecule has 0 aliphatic carbocycles. The number of guanidine groups is 1. The zero-order valence-electron chi connectivity index (χ0n) is 18.5. The molecule has 0 spiro atoms. The third kappa shape index (κ3) is 9.10. The molecule has 1 saturated heterocycles. The van der Waals surface area contributed by atoms with Gasteiger partial charge in [-0.05, 0) is 46.5 Å². The lowest BCUT2D eigenvalue weighted by Crippen LogP contribution is -2.43. The summed E-state index contributed by atoms with van der Waals surface area (Å²) in [7, 11) is 1.75. The number of carbonyl (C=O) groups is 1. The second kappa shape index (κ2) is 11.5. The van der Waals surface area contributed by atoms with Gasteiger partial charge in [0.2, 0.25) is 0 Å². The molecular formula is C20H40N4O4. The lowest BCUT2D eigenvalue weighted by atomic mass is 9.84. The molecule has 1 rings (SSSR count). The van der Waals surface area contributed by atoms with Crippen LogP contribution in [-0.2, 0) is 9.47 Å². The van der Waals surface area contributed by atoms with Crippen molar-refractivity contribution in [3.05, 3.63) is 0 Å². The Morgan fingerprint density at radius 1 is 1.39 bits per heavy atom. The maximum atomic E-state index is 12.1. The van der Waals surface area contributed by atoms with Crippen LogP contribution in [0.25, 0.3) is 0 Å². The van der Waals surface area contributed by atoms with Crippen LogP contribution in [0, 0.1) is 11.3 Å². The van der Waals surface area contributed by atoms with E-state index in [0.717, 1.165) is 25.5 Å². The number of nitrogens with zero attached hydrogens (tertiary/aromatic N) is 2. The van der Waals surface area contributed by atoms with Crippen LogP contribution in [0.4, 0.5) is 4.79 Å². The largest absolute Gasteiger partial charge is 0.444 e. The third-order valence-corrected chi connectivity index (χ3v) is 4.65. The second-order valence-corrected chi connectivity index (χ2v) is 8.82. The van der Waals surface area contributed by atoms with Gasteiger partial charge in [-0.25, -0.2) is 4.79 Å². The van der Waals surface area contributed by atoms with Gasteiger partial charge < -0.3 is 30.1 Å². The highest BCUT2D eigenvalue weighted by molar-refractivity contribution is 5.79. The first-order valence-electron chi connectivity index (χ1n) is 10.3. The SMILES string of the molecule is CCNC(=NCC1(CCO)CCOC1)NCC(C)CN(C)C(=O)OC(C)(C)C. The molecule has 0 radical (unpaired) electrons. The molecule has 1 aliphatic heterocycles. The Balaban J connectivity index is 2.53. The number of carbonyl (C=O) groups excluding carboxylic acids is 1. The average Bonchev–Trinajstić information content (AvgIpc) is 3.05. The monoisotopic (exact) mass is 400 g/mol. The minimum absolute atomic E-state index is 0.0698. The van der Waals surface area contributed by atoms with E-state index >= 15 is 0 Å². The van der Waals surface area contributed by atoms with E-state index in [1.165, 1.54) is 0 Å². The van der Waals surface area contributed by atoms with Crippen LogP contribution < -0.4 is 10.6 Å². The molecule has 1 amide bonds. The first-order chi connectivity index (χ1) is 13.1. The van der Waals surface area contributed by atoms with E-state index in [1.807, 2.05) is 27.7 Å². The summed E-state index contributed by atoms with van der Waals surface area (Å²) in [6, 6.07) is 0. The first-order valence-corrected chi connectivity index (χ1v) is 10.3. The third-order valence-electron chi connectivity index (χ3n) is 4.65. The highest BCUT2D eigenvalue weighted by atomic mass is 16.6. The van der Waals surface area contributed by atoms with Crippen molar-refractivity contribution >= 4 is 12.1 Å². The molecule has 1 aliphatic rings. The number of hydrogen-bond acceptors (Lipinski definition) is 5. The molecule has 2 unspecified atom stereocenters. The predicted molar refractivity (Wildman–Crippen MR) is 112 cm³/mol. The van der Waals surface area contributed by atoms with Gasteiger partial charge in [0.15, 0.2) is 5.96 Å². The summed E-state index contributed by atoms with van der Waals surface area (Å²) in [5.74, 6) is 0.973. The summed E-state index contributed by atoms with van der Waals surface area (Å²) >= 11 is 0. The summed E-state index contributed by atoms with van der Waals surface area (Å²) in [5.41, 5.74) is -0.564. The van der Waals surface area contributed by atoms with Crippen molar-refractivity contribution in [1.82, 2.24) is 15.5 Å². The molecule has 0 saturated carbocycles. The lowest BCUT2D eigenvalue weighted by molar-refractivity contribution is 0.0278. The van der Waals surface area contributed by atoms with Crippen LogP contribution in [0.3, 0.4) is 0 Å². The summed E-state index contributed by atoms with van der Waals surface area (Å²) in [4.78, 5) is 18.4. The van der Waals surface area contributed by atoms with Crippen molar-refractivity contribution in [3.63, 3.8) is 0 Å². The summed E-state index contributed by atoms with van der Waals surface area (Å²) in [6.45, 7) is 13.9. The number of aliphatic imine (C=N–C) groups is 1. The van der Waals surface area contributed by atoms with E-state index in [9.17, 15) is 9.90 Å². The van der Waals surface area contributed by atoms with E-state index in [1.54, 1.807) is 11.9 Å². The Hall–Kier alpha value is -1.54. The fourth-order valence-electron chi connectivity index (χ4n) is 3.09. The first kappa shape index (κ1) is 24.5. The van der Waals surface area contributed by atoms with Crippen molar-refractivity contribution in [3.8, 4) is 0 Å². The Bertz CT molecular complexity index is 499. The Kier molecular flexibility index (Phi) is 10.0. The molecular weight excluding hydrogens is 360 g/mol. The van der Waals surface area contributed by atoms with Crippen LogP contribution in [0.5, 0.6) is 0 Å². The topological polar surface area (TPSA) is 95.4 Å². The lowest BCUT2D eigenvalue weighted by Gasteiger charge is -2.27. The zero-order chi connectivity index (χ0) is 21.2. The number of aliphatic hydroxyl groups is 1. The number of hydrogen-bond donors (Lipinski definition) is 3. The summed E-state index contributed by atoms with van der Waals surface area (Å²) in [6.07, 6.45) is 1.31. The Morgan fingerprint density at radius 3 is 2.64 bits per heavy atom. The summed E-state index contributed by atoms with van der Waals surface area (Å²) in [5, 5.41) is 16.0. The Morgan fingerprint density at radius 2 is 2.11 bits per heavy atom. The molecule has 0 aromatic rings. The predicted octanol–water partition coefficient (Wildman–Crippen LogP) is 1.83. The average molecular weight is 401 g/mol. The maximum absolute atomic E-state index is 12.1. The number of amides is 1. The van der Waals surface area contributed by atoms with Crippen LogP contribution in [0.2, 0.25) is 0 Å². The van der Waals surface area contributed by atoms with Crippen molar-refractivity contribution in [2.75, 3.05) is 53.0 Å². The quantitative estimate of drug-likeness (QED) is 0.404. The van der Waals surface area contributed by atoms with E-state index in [4.69, 9.17) is 14.5 Å². The number of rotatable bonds is 9. The van der Waals surface area contributed by atoms with Gasteiger partial charge in [-0.2, -0.15) is 0 Å². The van der Waals surface area contributed by atoms with Gasteiger partial charge in [0.1, 0.15) is 5.60 Å². The molecule has 2 atom stereocenters. The molecule has 0 aromatic heterocycles. The highest BCUT2D eigenvalue weighted by Gasteiger charge is 2.34. The fraction of sp³-hybridized carbons (Fsp3) is 0.900. The van der Waals surface area contributed by atoms with Crippen molar-refractivity contribution < 1.29 is 19.4 Å². The second-order valence-electron chi connectivity index (χ2n) is 8.82. The van der Waals surface area contributed by atoms with Gasteiger partial charge in [0, 0.05) is 45.3 Å². The van der Waals surface area contributed by atoms with Gasteiger partial charge >= 0.3 is 6.09 Å². The van der Waals surface area contributed by atoms with Gasteiger partial charge in [-0.3, -0.25) is 4.99 Å². The minimum Gasteiger partial charge on any atom is -0.444 e. The van der Waals surface area contributed by atoms with E-state index in [0.29, 0.717) is 32.7 Å². The smallest absolute Gasteiger partial charge is 0.410 e. The molecule has 3 N–H and O–H groups in total. The number of ether oxygens (including phenoxy) is 2. The van der Waals surface area contributed by atoms with Gasteiger partial charge in [-0.15, -0.1) is 0 Å². The van der Waals surface area contributed by atoms with Crippen LogP contribution in [-0.4, -0.2) is 80.7 Å². The standard InChI is InChI=1S/C20H40N4O4/c1-7-21-17(23-14-20(8-10-25)9-11-27-15-20)22-12-16(2)13-24(6)18(26)28-19(3,4)5/h16,25H,7-15H2,1-6H3,(H2,21,22,23). The maximum Gasteiger partial charge on any atom is 0.410 e. The van der Waals surface area contributed by atoms with E-state index in [-0.39, 0.29) is 24.0 Å². The fourth-order valence-corrected chi connectivity index (χ4v) is 3.09. The van der Waals surface area contributed by atoms with Crippen LogP contribution >= 0.6 is 0 Å². The molecule has 1 heterocycles. The van der Waals surface area contributed by atoms with Gasteiger partial charge in [0.05, 0.1) is 13.2 Å². The van der Waals surface area contributed by atoms with Crippen LogP contribution in [0.15, 0.2) is 4.99 Å². The number of aliphatic hydroxyl groups excluding tert-OH is 1. The van der Waals surface area contributed by atoms with Crippen molar-refractivity contribution in [2.24, 2.45) is 16.3 Å². The molecule has 28 heavy (non-hydrogen) atoms. The van der Waals surface area contributed by atoms with Crippen LogP contribution in [0.1, 0.15) is 47.5 Å². The molecule has 164 valence electrons. The zero-order valence-corrected chi connectivity index (χ0v) is 18.5. The number of nitrogens with one attached hydrogen (secondary N) is 2. The van der Waals surface area contributed by atoms with Gasteiger partial charge in [0.25, 0.3) is 0 Å². The highest BCUT2D eigenvalue weighted by Crippen LogP contribution is 2.32. The van der Waals surface area contributed by atoms with Crippen molar-refractivity contribution in [1.29, 1.82) is 0 Å². The minimum atomic E-state index is -0.494. The molecule has 0 bridgehead atoms.